The van der Waals surface area contributed by atoms with Gasteiger partial charge in [-0.3, -0.25) is 4.98 Å². The van der Waals surface area contributed by atoms with Crippen LogP contribution in [0.1, 0.15) is 12.1 Å². The van der Waals surface area contributed by atoms with E-state index in [0.717, 1.165) is 16.6 Å². The zero-order valence-electron chi connectivity index (χ0n) is 10.5. The molecule has 102 valence electrons. The summed E-state index contributed by atoms with van der Waals surface area (Å²) in [6.45, 7) is 1.22. The molecule has 0 radical (unpaired) electrons. The minimum absolute atomic E-state index is 0.00511. The van der Waals surface area contributed by atoms with Crippen molar-refractivity contribution >= 4 is 20.9 Å². The van der Waals surface area contributed by atoms with Gasteiger partial charge in [0.05, 0.1) is 17.0 Å². The predicted molar refractivity (Wildman–Crippen MR) is 76.0 cm³/mol. The van der Waals surface area contributed by atoms with Crippen LogP contribution in [-0.4, -0.2) is 25.7 Å². The van der Waals surface area contributed by atoms with Crippen molar-refractivity contribution in [2.75, 3.05) is 12.3 Å². The van der Waals surface area contributed by atoms with E-state index in [-0.39, 0.29) is 5.75 Å². The van der Waals surface area contributed by atoms with Crippen molar-refractivity contribution in [3.05, 3.63) is 42.1 Å². The van der Waals surface area contributed by atoms with Gasteiger partial charge in [0.15, 0.2) is 0 Å². The highest BCUT2D eigenvalue weighted by atomic mass is 32.2. The molecule has 5 nitrogen and oxygen atoms in total. The van der Waals surface area contributed by atoms with E-state index in [1.807, 2.05) is 36.4 Å². The zero-order chi connectivity index (χ0) is 13.7. The van der Waals surface area contributed by atoms with E-state index in [1.165, 1.54) is 0 Å². The van der Waals surface area contributed by atoms with E-state index in [2.05, 4.69) is 10.3 Å². The van der Waals surface area contributed by atoms with E-state index in [9.17, 15) is 8.42 Å². The Morgan fingerprint density at radius 3 is 2.74 bits per heavy atom. The third-order valence-electron chi connectivity index (χ3n) is 2.74. The van der Waals surface area contributed by atoms with Gasteiger partial charge in [0.25, 0.3) is 0 Å². The number of pyridine rings is 1. The Morgan fingerprint density at radius 2 is 1.95 bits per heavy atom. The molecular formula is C13H17N3O2S. The number of nitrogens with zero attached hydrogens (tertiary/aromatic N) is 1. The average molecular weight is 279 g/mol. The second kappa shape index (κ2) is 6.10. The molecule has 0 fully saturated rings. The summed E-state index contributed by atoms with van der Waals surface area (Å²) in [7, 11) is -3.35. The van der Waals surface area contributed by atoms with Crippen LogP contribution in [0, 0.1) is 0 Å². The summed E-state index contributed by atoms with van der Waals surface area (Å²) in [5.41, 5.74) is 1.90. The van der Waals surface area contributed by atoms with Crippen molar-refractivity contribution in [1.29, 1.82) is 0 Å². The summed E-state index contributed by atoms with van der Waals surface area (Å²) in [6, 6.07) is 11.9. The summed E-state index contributed by atoms with van der Waals surface area (Å²) < 4.78 is 21.5. The van der Waals surface area contributed by atoms with Crippen molar-refractivity contribution in [3.63, 3.8) is 0 Å². The highest BCUT2D eigenvalue weighted by molar-refractivity contribution is 7.89. The molecule has 6 heteroatoms. The molecule has 1 aromatic carbocycles. The van der Waals surface area contributed by atoms with Crippen molar-refractivity contribution < 1.29 is 8.42 Å². The smallest absolute Gasteiger partial charge is 0.209 e. The second-order valence-electron chi connectivity index (χ2n) is 4.39. The van der Waals surface area contributed by atoms with Gasteiger partial charge in [-0.05, 0) is 25.1 Å². The summed E-state index contributed by atoms with van der Waals surface area (Å²) in [5, 5.41) is 9.19. The van der Waals surface area contributed by atoms with Crippen molar-refractivity contribution in [2.24, 2.45) is 5.14 Å². The number of sulfonamides is 1. The lowest BCUT2D eigenvalue weighted by Gasteiger charge is -2.05. The number of nitrogens with two attached hydrogens (primary N) is 1. The van der Waals surface area contributed by atoms with Gasteiger partial charge >= 0.3 is 0 Å². The molecule has 0 aliphatic carbocycles. The van der Waals surface area contributed by atoms with Gasteiger partial charge in [-0.15, -0.1) is 0 Å². The Morgan fingerprint density at radius 1 is 1.16 bits per heavy atom. The first-order valence-corrected chi connectivity index (χ1v) is 7.82. The van der Waals surface area contributed by atoms with E-state index < -0.39 is 10.0 Å². The molecule has 0 spiro atoms. The lowest BCUT2D eigenvalue weighted by Crippen LogP contribution is -2.22. The molecule has 3 N–H and O–H groups in total. The Hall–Kier alpha value is -1.50. The fourth-order valence-electron chi connectivity index (χ4n) is 1.82. The van der Waals surface area contributed by atoms with Gasteiger partial charge in [-0.2, -0.15) is 0 Å². The number of hydrogen-bond donors (Lipinski definition) is 2. The molecule has 0 aliphatic rings. The van der Waals surface area contributed by atoms with Crippen LogP contribution in [-0.2, 0) is 16.6 Å². The SMILES string of the molecule is NS(=O)(=O)CCCNCc1ccc2ccccc2n1. The van der Waals surface area contributed by atoms with Gasteiger partial charge in [0.1, 0.15) is 0 Å². The predicted octanol–water partition coefficient (Wildman–Crippen LogP) is 1.00. The lowest BCUT2D eigenvalue weighted by atomic mass is 10.2. The minimum Gasteiger partial charge on any atom is -0.311 e. The van der Waals surface area contributed by atoms with Crippen molar-refractivity contribution in [1.82, 2.24) is 10.3 Å². The van der Waals surface area contributed by atoms with Crippen LogP contribution in [0.3, 0.4) is 0 Å². The number of hydrogen-bond acceptors (Lipinski definition) is 4. The summed E-state index contributed by atoms with van der Waals surface area (Å²) >= 11 is 0. The van der Waals surface area contributed by atoms with Crippen LogP contribution in [0.5, 0.6) is 0 Å². The third-order valence-corrected chi connectivity index (χ3v) is 3.60. The van der Waals surface area contributed by atoms with Gasteiger partial charge in [0.2, 0.25) is 10.0 Å². The normalized spacial score (nSPS) is 11.8. The first-order valence-electron chi connectivity index (χ1n) is 6.10. The van der Waals surface area contributed by atoms with E-state index in [0.29, 0.717) is 19.5 Å². The highest BCUT2D eigenvalue weighted by Crippen LogP contribution is 2.11. The third kappa shape index (κ3) is 4.59. The molecule has 0 amide bonds. The van der Waals surface area contributed by atoms with Crippen molar-refractivity contribution in [3.8, 4) is 0 Å². The van der Waals surface area contributed by atoms with Crippen molar-refractivity contribution in [2.45, 2.75) is 13.0 Å². The molecule has 2 aromatic rings. The lowest BCUT2D eigenvalue weighted by molar-refractivity contribution is 0.590. The number of para-hydroxylation sites is 1. The highest BCUT2D eigenvalue weighted by Gasteiger charge is 2.02. The van der Waals surface area contributed by atoms with E-state index >= 15 is 0 Å². The molecular weight excluding hydrogens is 262 g/mol. The molecule has 1 aromatic heterocycles. The van der Waals surface area contributed by atoms with Crippen LogP contribution in [0.25, 0.3) is 10.9 Å². The molecule has 0 aliphatic heterocycles. The monoisotopic (exact) mass is 279 g/mol. The first kappa shape index (κ1) is 13.9. The largest absolute Gasteiger partial charge is 0.311 e. The van der Waals surface area contributed by atoms with Crippen LogP contribution in [0.15, 0.2) is 36.4 Å². The fourth-order valence-corrected chi connectivity index (χ4v) is 2.37. The fraction of sp³-hybridized carbons (Fsp3) is 0.308. The van der Waals surface area contributed by atoms with E-state index in [4.69, 9.17) is 5.14 Å². The van der Waals surface area contributed by atoms with Crippen LogP contribution < -0.4 is 10.5 Å². The Balaban J connectivity index is 1.85. The molecule has 1 heterocycles. The van der Waals surface area contributed by atoms with Gasteiger partial charge in [-0.1, -0.05) is 24.3 Å². The topological polar surface area (TPSA) is 85.1 Å². The Kier molecular flexibility index (Phi) is 4.47. The molecule has 0 saturated carbocycles. The van der Waals surface area contributed by atoms with Crippen LogP contribution >= 0.6 is 0 Å². The Labute approximate surface area is 112 Å². The maximum Gasteiger partial charge on any atom is 0.209 e. The van der Waals surface area contributed by atoms with Gasteiger partial charge in [-0.25, -0.2) is 13.6 Å². The maximum atomic E-state index is 10.7. The first-order chi connectivity index (χ1) is 9.04. The van der Waals surface area contributed by atoms with Crippen LogP contribution in [0.4, 0.5) is 0 Å². The summed E-state index contributed by atoms with van der Waals surface area (Å²) in [5.74, 6) is 0.00511. The van der Waals surface area contributed by atoms with E-state index in [1.54, 1.807) is 0 Å². The summed E-state index contributed by atoms with van der Waals surface area (Å²) in [4.78, 5) is 4.52. The number of primary sulfonamides is 1. The van der Waals surface area contributed by atoms with Gasteiger partial charge < -0.3 is 5.32 Å². The Bertz CT molecular complexity index is 656. The molecule has 0 bridgehead atoms. The maximum absolute atomic E-state index is 10.7. The second-order valence-corrected chi connectivity index (χ2v) is 6.13. The molecule has 2 rings (SSSR count). The van der Waals surface area contributed by atoms with Crippen LogP contribution in [0.2, 0.25) is 0 Å². The number of rotatable bonds is 6. The average Bonchev–Trinajstić information content (AvgIpc) is 2.37. The standard InChI is InChI=1S/C13H17N3O2S/c14-19(17,18)9-3-8-15-10-12-7-6-11-4-1-2-5-13(11)16-12/h1-2,4-7,15H,3,8-10H2,(H2,14,17,18). The number of aromatic nitrogens is 1. The number of benzene rings is 1. The molecule has 0 unspecified atom stereocenters. The summed E-state index contributed by atoms with van der Waals surface area (Å²) in [6.07, 6.45) is 0.506. The van der Waals surface area contributed by atoms with Gasteiger partial charge in [0, 0.05) is 11.9 Å². The minimum atomic E-state index is -3.35. The molecule has 0 saturated heterocycles. The number of nitrogens with one attached hydrogen (secondary N) is 1. The quantitative estimate of drug-likeness (QED) is 0.773. The zero-order valence-corrected chi connectivity index (χ0v) is 11.4. The molecule has 19 heavy (non-hydrogen) atoms. The number of fused-ring (bicyclic) bond motifs is 1. The molecule has 0 atom stereocenters.